The summed E-state index contributed by atoms with van der Waals surface area (Å²) in [5, 5.41) is 21.5. The first-order chi connectivity index (χ1) is 12.1. The Morgan fingerprint density at radius 2 is 1.48 bits per heavy atom. The van der Waals surface area contributed by atoms with Crippen LogP contribution in [-0.4, -0.2) is 34.9 Å². The molecule has 2 unspecified atom stereocenters. The summed E-state index contributed by atoms with van der Waals surface area (Å²) in [4.78, 5) is 10.9. The average Bonchev–Trinajstić information content (AvgIpc) is 2.59. The minimum absolute atomic E-state index is 0.260. The Bertz CT molecular complexity index is 402. The molecule has 0 aromatic carbocycles. The number of carbonyl (C=O) groups is 1. The van der Waals surface area contributed by atoms with Crippen LogP contribution >= 0.6 is 0 Å². The Kier molecular flexibility index (Phi) is 16.5. The van der Waals surface area contributed by atoms with Gasteiger partial charge in [0.1, 0.15) is 0 Å². The standard InChI is InChI=1S/C21H37NO3/c1-3-4-5-6-7-8-9-10-11-12-13-14-15-16-17-21(25)20(18-23)22-19(2)24/h8-9,12-13,16-17,20-21,23,25H,3-7,10-11,14-15,18H2,1-2H3,(H,22,24)/b9-8+,13-12+,17-16+. The SMILES string of the molecule is CCCCCC/C=C/CC/C=C/CC/C=C/C(O)C(CO)NC(C)=O. The van der Waals surface area contributed by atoms with Crippen LogP contribution in [0.5, 0.6) is 0 Å². The molecule has 25 heavy (non-hydrogen) atoms. The molecule has 1 amide bonds. The number of aliphatic hydroxyl groups excluding tert-OH is 2. The third-order valence-electron chi connectivity index (χ3n) is 3.89. The van der Waals surface area contributed by atoms with Crippen LogP contribution in [0.4, 0.5) is 0 Å². The molecule has 0 bridgehead atoms. The van der Waals surface area contributed by atoms with Gasteiger partial charge in [0.25, 0.3) is 0 Å². The fourth-order valence-electron chi connectivity index (χ4n) is 2.42. The van der Waals surface area contributed by atoms with Crippen LogP contribution in [0.2, 0.25) is 0 Å². The van der Waals surface area contributed by atoms with E-state index < -0.39 is 12.1 Å². The fourth-order valence-corrected chi connectivity index (χ4v) is 2.42. The zero-order valence-corrected chi connectivity index (χ0v) is 16.0. The van der Waals surface area contributed by atoms with Crippen molar-refractivity contribution >= 4 is 5.91 Å². The van der Waals surface area contributed by atoms with Crippen LogP contribution in [0.1, 0.15) is 71.6 Å². The van der Waals surface area contributed by atoms with Crippen LogP contribution in [0.25, 0.3) is 0 Å². The lowest BCUT2D eigenvalue weighted by Gasteiger charge is -2.18. The van der Waals surface area contributed by atoms with Gasteiger partial charge in [-0.1, -0.05) is 62.6 Å². The van der Waals surface area contributed by atoms with E-state index in [0.717, 1.165) is 25.7 Å². The maximum absolute atomic E-state index is 10.9. The van der Waals surface area contributed by atoms with Gasteiger partial charge in [-0.3, -0.25) is 4.79 Å². The Hall–Kier alpha value is -1.39. The van der Waals surface area contributed by atoms with Crippen LogP contribution in [0.15, 0.2) is 36.5 Å². The number of carbonyl (C=O) groups excluding carboxylic acids is 1. The molecule has 0 saturated heterocycles. The van der Waals surface area contributed by atoms with Crippen molar-refractivity contribution in [2.75, 3.05) is 6.61 Å². The molecule has 0 fully saturated rings. The molecule has 0 radical (unpaired) electrons. The number of aliphatic hydroxyl groups is 2. The second-order valence-electron chi connectivity index (χ2n) is 6.36. The zero-order valence-electron chi connectivity index (χ0n) is 16.0. The summed E-state index contributed by atoms with van der Waals surface area (Å²) in [6, 6.07) is -0.641. The van der Waals surface area contributed by atoms with Crippen molar-refractivity contribution < 1.29 is 15.0 Å². The van der Waals surface area contributed by atoms with Crippen molar-refractivity contribution in [3.8, 4) is 0 Å². The number of hydrogen-bond acceptors (Lipinski definition) is 3. The lowest BCUT2D eigenvalue weighted by Crippen LogP contribution is -2.44. The molecule has 0 rings (SSSR count). The third kappa shape index (κ3) is 15.9. The normalized spacial score (nSPS) is 14.6. The Balaban J connectivity index is 3.67. The zero-order chi connectivity index (χ0) is 18.8. The highest BCUT2D eigenvalue weighted by Crippen LogP contribution is 2.04. The minimum atomic E-state index is -0.861. The first kappa shape index (κ1) is 23.6. The fraction of sp³-hybridized carbons (Fsp3) is 0.667. The molecule has 3 N–H and O–H groups in total. The average molecular weight is 352 g/mol. The maximum Gasteiger partial charge on any atom is 0.217 e. The summed E-state index contributed by atoms with van der Waals surface area (Å²) >= 11 is 0. The van der Waals surface area contributed by atoms with Crippen LogP contribution in [0, 0.1) is 0 Å². The topological polar surface area (TPSA) is 69.6 Å². The third-order valence-corrected chi connectivity index (χ3v) is 3.89. The van der Waals surface area contributed by atoms with Crippen LogP contribution in [-0.2, 0) is 4.79 Å². The molecule has 0 aromatic heterocycles. The lowest BCUT2D eigenvalue weighted by atomic mass is 10.1. The van der Waals surface area contributed by atoms with Gasteiger partial charge in [-0.25, -0.2) is 0 Å². The highest BCUT2D eigenvalue weighted by molar-refractivity contribution is 5.73. The molecule has 144 valence electrons. The van der Waals surface area contributed by atoms with Gasteiger partial charge < -0.3 is 15.5 Å². The summed E-state index contributed by atoms with van der Waals surface area (Å²) in [6.07, 6.45) is 22.0. The highest BCUT2D eigenvalue weighted by Gasteiger charge is 2.15. The minimum Gasteiger partial charge on any atom is -0.394 e. The smallest absolute Gasteiger partial charge is 0.217 e. The van der Waals surface area contributed by atoms with Crippen LogP contribution < -0.4 is 5.32 Å². The number of amides is 1. The van der Waals surface area contributed by atoms with Gasteiger partial charge in [-0.2, -0.15) is 0 Å². The van der Waals surface area contributed by atoms with E-state index in [1.54, 1.807) is 6.08 Å². The van der Waals surface area contributed by atoms with Gasteiger partial charge in [0.2, 0.25) is 5.91 Å². The van der Waals surface area contributed by atoms with Crippen molar-refractivity contribution in [1.29, 1.82) is 0 Å². The van der Waals surface area contributed by atoms with E-state index in [4.69, 9.17) is 5.11 Å². The van der Waals surface area contributed by atoms with E-state index in [-0.39, 0.29) is 12.5 Å². The summed E-state index contributed by atoms with van der Waals surface area (Å²) in [5.41, 5.74) is 0. The molecule has 0 aliphatic heterocycles. The van der Waals surface area contributed by atoms with Crippen molar-refractivity contribution in [3.05, 3.63) is 36.5 Å². The molecule has 0 aliphatic carbocycles. The van der Waals surface area contributed by atoms with E-state index in [9.17, 15) is 9.90 Å². The molecular formula is C21H37NO3. The molecule has 2 atom stereocenters. The molecule has 0 saturated carbocycles. The van der Waals surface area contributed by atoms with E-state index in [2.05, 4.69) is 36.5 Å². The van der Waals surface area contributed by atoms with E-state index in [1.165, 1.54) is 39.0 Å². The molecule has 4 nitrogen and oxygen atoms in total. The lowest BCUT2D eigenvalue weighted by molar-refractivity contribution is -0.120. The van der Waals surface area contributed by atoms with Gasteiger partial charge in [0.15, 0.2) is 0 Å². The van der Waals surface area contributed by atoms with Gasteiger partial charge in [-0.15, -0.1) is 0 Å². The molecule has 4 heteroatoms. The number of hydrogen-bond donors (Lipinski definition) is 3. The van der Waals surface area contributed by atoms with Crippen molar-refractivity contribution in [3.63, 3.8) is 0 Å². The summed E-state index contributed by atoms with van der Waals surface area (Å²) in [6.45, 7) is 3.32. The Morgan fingerprint density at radius 1 is 0.920 bits per heavy atom. The molecule has 0 aromatic rings. The van der Waals surface area contributed by atoms with Crippen LogP contribution in [0.3, 0.4) is 0 Å². The predicted molar refractivity (Wildman–Crippen MR) is 105 cm³/mol. The second kappa shape index (κ2) is 17.4. The number of unbranched alkanes of at least 4 members (excludes halogenated alkanes) is 6. The summed E-state index contributed by atoms with van der Waals surface area (Å²) < 4.78 is 0. The van der Waals surface area contributed by atoms with E-state index >= 15 is 0 Å². The maximum atomic E-state index is 10.9. The largest absolute Gasteiger partial charge is 0.394 e. The number of allylic oxidation sites excluding steroid dienone is 5. The van der Waals surface area contributed by atoms with Crippen molar-refractivity contribution in [2.24, 2.45) is 0 Å². The summed E-state index contributed by atoms with van der Waals surface area (Å²) in [7, 11) is 0. The highest BCUT2D eigenvalue weighted by atomic mass is 16.3. The first-order valence-corrected chi connectivity index (χ1v) is 9.64. The Labute approximate surface area is 153 Å². The van der Waals surface area contributed by atoms with Gasteiger partial charge >= 0.3 is 0 Å². The van der Waals surface area contributed by atoms with Gasteiger partial charge in [0, 0.05) is 6.92 Å². The molecule has 0 aliphatic rings. The molecular weight excluding hydrogens is 314 g/mol. The predicted octanol–water partition coefficient (Wildman–Crippen LogP) is 4.04. The number of nitrogens with one attached hydrogen (secondary N) is 1. The molecule has 0 heterocycles. The monoisotopic (exact) mass is 351 g/mol. The quantitative estimate of drug-likeness (QED) is 0.308. The Morgan fingerprint density at radius 3 is 2.00 bits per heavy atom. The first-order valence-electron chi connectivity index (χ1n) is 9.64. The molecule has 0 spiro atoms. The number of rotatable bonds is 15. The van der Waals surface area contributed by atoms with Crippen molar-refractivity contribution in [1.82, 2.24) is 5.32 Å². The summed E-state index contributed by atoms with van der Waals surface area (Å²) in [5.74, 6) is -0.260. The van der Waals surface area contributed by atoms with E-state index in [1.807, 2.05) is 6.08 Å². The van der Waals surface area contributed by atoms with Gasteiger partial charge in [-0.05, 0) is 38.5 Å². The van der Waals surface area contributed by atoms with Gasteiger partial charge in [0.05, 0.1) is 18.8 Å². The van der Waals surface area contributed by atoms with E-state index in [0.29, 0.717) is 0 Å². The second-order valence-corrected chi connectivity index (χ2v) is 6.36. The van der Waals surface area contributed by atoms with Crippen molar-refractivity contribution in [2.45, 2.75) is 83.8 Å².